The Morgan fingerprint density at radius 3 is 2.52 bits per heavy atom. The summed E-state index contributed by atoms with van der Waals surface area (Å²) in [5.74, 6) is 0.590. The van der Waals surface area contributed by atoms with Crippen molar-refractivity contribution in [3.63, 3.8) is 0 Å². The Balaban J connectivity index is 2.53. The smallest absolute Gasteiger partial charge is 0.325 e. The van der Waals surface area contributed by atoms with E-state index in [-0.39, 0.29) is 5.97 Å². The van der Waals surface area contributed by atoms with Crippen LogP contribution in [0, 0.1) is 5.92 Å². The summed E-state index contributed by atoms with van der Waals surface area (Å²) in [7, 11) is 1.48. The zero-order chi connectivity index (χ0) is 15.9. The minimum absolute atomic E-state index is 0.143. The van der Waals surface area contributed by atoms with E-state index in [4.69, 9.17) is 4.74 Å². The molecular weight excluding hydrogens is 264 g/mol. The van der Waals surface area contributed by atoms with Crippen LogP contribution in [0.25, 0.3) is 0 Å². The van der Waals surface area contributed by atoms with Crippen molar-refractivity contribution >= 4 is 5.97 Å². The molecule has 1 N–H and O–H groups in total. The minimum atomic E-state index is -0.560. The molecule has 1 atom stereocenters. The lowest BCUT2D eigenvalue weighted by molar-refractivity contribution is -0.148. The van der Waals surface area contributed by atoms with Gasteiger partial charge in [-0.25, -0.2) is 0 Å². The van der Waals surface area contributed by atoms with E-state index in [1.165, 1.54) is 26.4 Å². The Morgan fingerprint density at radius 1 is 1.38 bits per heavy atom. The maximum Gasteiger partial charge on any atom is 0.325 e. The van der Waals surface area contributed by atoms with Gasteiger partial charge in [-0.3, -0.25) is 4.79 Å². The molecule has 0 aromatic carbocycles. The maximum atomic E-state index is 12.1. The molecule has 124 valence electrons. The monoisotopic (exact) mass is 298 g/mol. The van der Waals surface area contributed by atoms with Crippen LogP contribution in [0.5, 0.6) is 0 Å². The molecule has 1 aliphatic rings. The molecule has 4 nitrogen and oxygen atoms in total. The van der Waals surface area contributed by atoms with E-state index in [2.05, 4.69) is 31.0 Å². The van der Waals surface area contributed by atoms with Crippen LogP contribution in [-0.2, 0) is 9.53 Å². The number of hydrogen-bond donors (Lipinski definition) is 1. The third kappa shape index (κ3) is 6.35. The Kier molecular flexibility index (Phi) is 7.67. The van der Waals surface area contributed by atoms with Gasteiger partial charge in [0.1, 0.15) is 5.54 Å². The number of esters is 1. The van der Waals surface area contributed by atoms with Crippen molar-refractivity contribution in [3.05, 3.63) is 0 Å². The molecule has 4 heteroatoms. The number of nitrogens with one attached hydrogen (secondary N) is 1. The van der Waals surface area contributed by atoms with E-state index in [0.29, 0.717) is 0 Å². The molecule has 0 aromatic rings. The molecule has 0 aromatic heterocycles. The topological polar surface area (TPSA) is 41.6 Å². The van der Waals surface area contributed by atoms with Gasteiger partial charge in [-0.05, 0) is 58.0 Å². The zero-order valence-electron chi connectivity index (χ0n) is 14.6. The van der Waals surface area contributed by atoms with Crippen LogP contribution >= 0.6 is 0 Å². The zero-order valence-corrected chi connectivity index (χ0v) is 14.6. The lowest BCUT2D eigenvalue weighted by atomic mass is 9.97. The quantitative estimate of drug-likeness (QED) is 0.596. The van der Waals surface area contributed by atoms with Crippen molar-refractivity contribution in [2.45, 2.75) is 71.4 Å². The Morgan fingerprint density at radius 2 is 2.05 bits per heavy atom. The number of nitrogens with zero attached hydrogens (tertiary/aromatic N) is 1. The first-order valence-corrected chi connectivity index (χ1v) is 8.50. The highest BCUT2D eigenvalue weighted by molar-refractivity contribution is 5.80. The largest absolute Gasteiger partial charge is 0.468 e. The SMILES string of the molecule is CCCNC(C)(CCN(CCC(C)C)C1CC1)C(=O)OC. The highest BCUT2D eigenvalue weighted by Crippen LogP contribution is 2.28. The van der Waals surface area contributed by atoms with E-state index in [1.54, 1.807) is 0 Å². The summed E-state index contributed by atoms with van der Waals surface area (Å²) in [6.07, 6.45) is 5.69. The molecule has 0 heterocycles. The first-order valence-electron chi connectivity index (χ1n) is 8.50. The third-order valence-electron chi connectivity index (χ3n) is 4.36. The van der Waals surface area contributed by atoms with E-state index in [9.17, 15) is 4.79 Å². The van der Waals surface area contributed by atoms with E-state index in [0.717, 1.165) is 44.4 Å². The fourth-order valence-electron chi connectivity index (χ4n) is 2.60. The summed E-state index contributed by atoms with van der Waals surface area (Å²) in [5, 5.41) is 3.37. The lowest BCUT2D eigenvalue weighted by Crippen LogP contribution is -2.52. The minimum Gasteiger partial charge on any atom is -0.468 e. The van der Waals surface area contributed by atoms with Gasteiger partial charge in [0, 0.05) is 12.6 Å². The molecule has 1 fully saturated rings. The summed E-state index contributed by atoms with van der Waals surface area (Å²) in [6.45, 7) is 11.6. The number of methoxy groups -OCH3 is 1. The van der Waals surface area contributed by atoms with E-state index >= 15 is 0 Å². The second-order valence-electron chi connectivity index (χ2n) is 6.95. The molecule has 1 unspecified atom stereocenters. The standard InChI is InChI=1S/C17H34N2O2/c1-6-11-18-17(4,16(20)21-5)10-13-19(15-7-8-15)12-9-14(2)3/h14-15,18H,6-13H2,1-5H3. The molecule has 1 saturated carbocycles. The second-order valence-corrected chi connectivity index (χ2v) is 6.95. The molecule has 21 heavy (non-hydrogen) atoms. The van der Waals surface area contributed by atoms with Crippen molar-refractivity contribution in [2.75, 3.05) is 26.7 Å². The highest BCUT2D eigenvalue weighted by atomic mass is 16.5. The fraction of sp³-hybridized carbons (Fsp3) is 0.941. The summed E-state index contributed by atoms with van der Waals surface area (Å²) >= 11 is 0. The fourth-order valence-corrected chi connectivity index (χ4v) is 2.60. The molecule has 0 spiro atoms. The van der Waals surface area contributed by atoms with Gasteiger partial charge in [-0.1, -0.05) is 20.8 Å². The van der Waals surface area contributed by atoms with Crippen molar-refractivity contribution in [3.8, 4) is 0 Å². The van der Waals surface area contributed by atoms with Crippen LogP contribution in [0.4, 0.5) is 0 Å². The van der Waals surface area contributed by atoms with Crippen LogP contribution in [0.15, 0.2) is 0 Å². The van der Waals surface area contributed by atoms with Crippen molar-refractivity contribution < 1.29 is 9.53 Å². The summed E-state index contributed by atoms with van der Waals surface area (Å²) in [5.41, 5.74) is -0.560. The molecule has 0 aliphatic heterocycles. The predicted octanol–water partition coefficient (Wildman–Crippen LogP) is 2.82. The maximum absolute atomic E-state index is 12.1. The van der Waals surface area contributed by atoms with Crippen molar-refractivity contribution in [2.24, 2.45) is 5.92 Å². The average molecular weight is 298 g/mol. The van der Waals surface area contributed by atoms with Gasteiger partial charge in [-0.2, -0.15) is 0 Å². The van der Waals surface area contributed by atoms with Crippen LogP contribution in [-0.4, -0.2) is 49.2 Å². The second kappa shape index (κ2) is 8.74. The van der Waals surface area contributed by atoms with Crippen molar-refractivity contribution in [1.29, 1.82) is 0 Å². The highest BCUT2D eigenvalue weighted by Gasteiger charge is 2.36. The van der Waals surface area contributed by atoms with Gasteiger partial charge < -0.3 is 15.0 Å². The Hall–Kier alpha value is -0.610. The summed E-state index contributed by atoms with van der Waals surface area (Å²) in [6, 6.07) is 0.747. The molecule has 0 radical (unpaired) electrons. The van der Waals surface area contributed by atoms with E-state index in [1.807, 2.05) is 6.92 Å². The number of rotatable bonds is 11. The van der Waals surface area contributed by atoms with Gasteiger partial charge in [0.25, 0.3) is 0 Å². The lowest BCUT2D eigenvalue weighted by Gasteiger charge is -2.31. The van der Waals surface area contributed by atoms with Crippen LogP contribution in [0.1, 0.15) is 59.8 Å². The van der Waals surface area contributed by atoms with Gasteiger partial charge >= 0.3 is 5.97 Å². The molecule has 1 aliphatic carbocycles. The normalized spacial score (nSPS) is 18.0. The van der Waals surface area contributed by atoms with Gasteiger partial charge in [0.2, 0.25) is 0 Å². The Bertz CT molecular complexity index is 316. The first-order chi connectivity index (χ1) is 9.92. The third-order valence-corrected chi connectivity index (χ3v) is 4.36. The summed E-state index contributed by atoms with van der Waals surface area (Å²) < 4.78 is 5.00. The van der Waals surface area contributed by atoms with Crippen LogP contribution in [0.2, 0.25) is 0 Å². The number of carbonyl (C=O) groups excluding carboxylic acids is 1. The summed E-state index contributed by atoms with van der Waals surface area (Å²) in [4.78, 5) is 14.7. The molecule has 0 bridgehead atoms. The predicted molar refractivity (Wildman–Crippen MR) is 87.4 cm³/mol. The molecule has 0 amide bonds. The number of hydrogen-bond acceptors (Lipinski definition) is 4. The Labute approximate surface area is 130 Å². The number of ether oxygens (including phenoxy) is 1. The first kappa shape index (κ1) is 18.4. The molecule has 0 saturated heterocycles. The van der Waals surface area contributed by atoms with Crippen LogP contribution in [0.3, 0.4) is 0 Å². The number of carbonyl (C=O) groups is 1. The molecular formula is C17H34N2O2. The molecule has 1 rings (SSSR count). The van der Waals surface area contributed by atoms with Crippen molar-refractivity contribution in [1.82, 2.24) is 10.2 Å². The van der Waals surface area contributed by atoms with E-state index < -0.39 is 5.54 Å². The van der Waals surface area contributed by atoms with Crippen LogP contribution < -0.4 is 5.32 Å². The van der Waals surface area contributed by atoms with Gasteiger partial charge in [0.05, 0.1) is 7.11 Å². The van der Waals surface area contributed by atoms with Gasteiger partial charge in [0.15, 0.2) is 0 Å². The van der Waals surface area contributed by atoms with Gasteiger partial charge in [-0.15, -0.1) is 0 Å². The average Bonchev–Trinajstić information content (AvgIpc) is 3.28.